The molecule has 0 spiro atoms. The van der Waals surface area contributed by atoms with Gasteiger partial charge >= 0.3 is 0 Å². The summed E-state index contributed by atoms with van der Waals surface area (Å²) in [7, 11) is 0. The van der Waals surface area contributed by atoms with Crippen molar-refractivity contribution in [2.24, 2.45) is 0 Å². The fourth-order valence-corrected chi connectivity index (χ4v) is 1.77. The summed E-state index contributed by atoms with van der Waals surface area (Å²) in [5.41, 5.74) is 0.440. The van der Waals surface area contributed by atoms with Crippen LogP contribution in [-0.2, 0) is 0 Å². The van der Waals surface area contributed by atoms with E-state index in [9.17, 15) is 0 Å². The van der Waals surface area contributed by atoms with Gasteiger partial charge in [-0.3, -0.25) is 0 Å². The summed E-state index contributed by atoms with van der Waals surface area (Å²) in [6, 6.07) is 14.4. The van der Waals surface area contributed by atoms with Gasteiger partial charge in [0.1, 0.15) is 17.6 Å². The van der Waals surface area contributed by atoms with Crippen molar-refractivity contribution in [2.75, 3.05) is 0 Å². The van der Waals surface area contributed by atoms with Crippen molar-refractivity contribution in [1.82, 2.24) is 0 Å². The summed E-state index contributed by atoms with van der Waals surface area (Å²) in [4.78, 5) is 0. The zero-order valence-corrected chi connectivity index (χ0v) is 11.0. The Morgan fingerprint density at radius 2 is 1.71 bits per heavy atom. The molecular weight excluding hydrogens is 302 g/mol. The Hall–Kier alpha value is -1.50. The molecule has 0 aliphatic carbocycles. The highest BCUT2D eigenvalue weighted by Crippen LogP contribution is 2.27. The van der Waals surface area contributed by atoms with Gasteiger partial charge in [0.15, 0.2) is 0 Å². The van der Waals surface area contributed by atoms with E-state index in [1.165, 1.54) is 0 Å². The Balaban J connectivity index is 2.22. The van der Waals surface area contributed by atoms with Crippen LogP contribution in [0.4, 0.5) is 0 Å². The third kappa shape index (κ3) is 3.00. The molecule has 84 valence electrons. The summed E-state index contributed by atoms with van der Waals surface area (Å²) < 4.78 is 6.59. The number of ether oxygens (including phenoxy) is 1. The number of benzene rings is 2. The summed E-state index contributed by atoms with van der Waals surface area (Å²) in [5.74, 6) is 1.32. The van der Waals surface area contributed by atoms with Crippen LogP contribution in [0.5, 0.6) is 11.5 Å². The lowest BCUT2D eigenvalue weighted by molar-refractivity contribution is 0.482. The second kappa shape index (κ2) is 5.22. The standard InChI is InChI=1S/C13H7BrClNO/c14-10-2-5-11(6-3-10)17-12-4-1-9(8-16)13(15)7-12/h1-7H. The predicted octanol–water partition coefficient (Wildman–Crippen LogP) is 4.77. The first-order valence-corrected chi connectivity index (χ1v) is 5.99. The molecule has 0 saturated carbocycles. The molecule has 0 bridgehead atoms. The lowest BCUT2D eigenvalue weighted by Crippen LogP contribution is -1.85. The maximum absolute atomic E-state index is 8.75. The third-order valence-electron chi connectivity index (χ3n) is 2.11. The molecule has 0 heterocycles. The molecule has 0 aromatic heterocycles. The van der Waals surface area contributed by atoms with E-state index in [1.54, 1.807) is 18.2 Å². The molecule has 0 radical (unpaired) electrons. The highest BCUT2D eigenvalue weighted by atomic mass is 79.9. The number of hydrogen-bond acceptors (Lipinski definition) is 2. The number of rotatable bonds is 2. The molecule has 0 amide bonds. The van der Waals surface area contributed by atoms with Gasteiger partial charge in [-0.1, -0.05) is 27.5 Å². The molecule has 4 heteroatoms. The molecule has 2 aromatic carbocycles. The van der Waals surface area contributed by atoms with Crippen LogP contribution < -0.4 is 4.74 Å². The molecule has 0 aliphatic heterocycles. The fraction of sp³-hybridized carbons (Fsp3) is 0. The topological polar surface area (TPSA) is 33.0 Å². The van der Waals surface area contributed by atoms with E-state index >= 15 is 0 Å². The molecule has 0 fully saturated rings. The second-order valence-corrected chi connectivity index (χ2v) is 4.63. The zero-order valence-electron chi connectivity index (χ0n) is 8.65. The van der Waals surface area contributed by atoms with Crippen molar-refractivity contribution in [1.29, 1.82) is 5.26 Å². The van der Waals surface area contributed by atoms with E-state index in [1.807, 2.05) is 30.3 Å². The van der Waals surface area contributed by atoms with E-state index in [2.05, 4.69) is 15.9 Å². The Morgan fingerprint density at radius 1 is 1.06 bits per heavy atom. The smallest absolute Gasteiger partial charge is 0.129 e. The molecular formula is C13H7BrClNO. The van der Waals surface area contributed by atoms with E-state index in [0.29, 0.717) is 22.1 Å². The minimum atomic E-state index is 0.391. The highest BCUT2D eigenvalue weighted by molar-refractivity contribution is 9.10. The molecule has 2 aromatic rings. The van der Waals surface area contributed by atoms with Gasteiger partial charge in [-0.25, -0.2) is 0 Å². The SMILES string of the molecule is N#Cc1ccc(Oc2ccc(Br)cc2)cc1Cl. The highest BCUT2D eigenvalue weighted by Gasteiger charge is 2.02. The van der Waals surface area contributed by atoms with Crippen LogP contribution in [0.25, 0.3) is 0 Å². The fourth-order valence-electron chi connectivity index (χ4n) is 1.29. The van der Waals surface area contributed by atoms with Crippen LogP contribution in [0.15, 0.2) is 46.9 Å². The third-order valence-corrected chi connectivity index (χ3v) is 2.95. The molecule has 0 unspecified atom stereocenters. The van der Waals surface area contributed by atoms with Crippen LogP contribution in [-0.4, -0.2) is 0 Å². The summed E-state index contributed by atoms with van der Waals surface area (Å²) in [6.45, 7) is 0. The molecule has 2 nitrogen and oxygen atoms in total. The minimum absolute atomic E-state index is 0.391. The van der Waals surface area contributed by atoms with E-state index in [4.69, 9.17) is 21.6 Å². The largest absolute Gasteiger partial charge is 0.457 e. The molecule has 17 heavy (non-hydrogen) atoms. The lowest BCUT2D eigenvalue weighted by Gasteiger charge is -2.06. The number of nitriles is 1. The van der Waals surface area contributed by atoms with Crippen LogP contribution in [0.1, 0.15) is 5.56 Å². The average Bonchev–Trinajstić information content (AvgIpc) is 2.32. The number of halogens is 2. The summed E-state index contributed by atoms with van der Waals surface area (Å²) >= 11 is 9.26. The maximum Gasteiger partial charge on any atom is 0.129 e. The van der Waals surface area contributed by atoms with Gasteiger partial charge < -0.3 is 4.74 Å². The molecule has 0 saturated heterocycles. The zero-order chi connectivity index (χ0) is 12.3. The van der Waals surface area contributed by atoms with Crippen molar-refractivity contribution in [3.8, 4) is 17.6 Å². The van der Waals surface area contributed by atoms with Crippen molar-refractivity contribution < 1.29 is 4.74 Å². The first kappa shape index (κ1) is 12.0. The quantitative estimate of drug-likeness (QED) is 0.801. The van der Waals surface area contributed by atoms with Gasteiger partial charge in [0.05, 0.1) is 10.6 Å². The van der Waals surface area contributed by atoms with Crippen LogP contribution in [0, 0.1) is 11.3 Å². The Labute approximate surface area is 113 Å². The van der Waals surface area contributed by atoms with Gasteiger partial charge in [-0.2, -0.15) is 5.26 Å². The van der Waals surface area contributed by atoms with Crippen molar-refractivity contribution in [3.63, 3.8) is 0 Å². The van der Waals surface area contributed by atoms with Gasteiger partial charge in [0, 0.05) is 10.5 Å². The monoisotopic (exact) mass is 307 g/mol. The number of nitrogens with zero attached hydrogens (tertiary/aromatic N) is 1. The number of hydrogen-bond donors (Lipinski definition) is 0. The van der Waals surface area contributed by atoms with Crippen molar-refractivity contribution >= 4 is 27.5 Å². The molecule has 0 aliphatic rings. The normalized spacial score (nSPS) is 9.71. The summed E-state index contributed by atoms with van der Waals surface area (Å²) in [6.07, 6.45) is 0. The second-order valence-electron chi connectivity index (χ2n) is 3.31. The summed E-state index contributed by atoms with van der Waals surface area (Å²) in [5, 5.41) is 9.14. The van der Waals surface area contributed by atoms with Gasteiger partial charge in [-0.05, 0) is 36.4 Å². The predicted molar refractivity (Wildman–Crippen MR) is 70.4 cm³/mol. The maximum atomic E-state index is 8.75. The average molecular weight is 309 g/mol. The van der Waals surface area contributed by atoms with Gasteiger partial charge in [0.2, 0.25) is 0 Å². The van der Waals surface area contributed by atoms with Gasteiger partial charge in [0.25, 0.3) is 0 Å². The minimum Gasteiger partial charge on any atom is -0.457 e. The Kier molecular flexibility index (Phi) is 3.68. The van der Waals surface area contributed by atoms with Crippen molar-refractivity contribution in [3.05, 3.63) is 57.5 Å². The molecule has 0 N–H and O–H groups in total. The first-order chi connectivity index (χ1) is 8.19. The lowest BCUT2D eigenvalue weighted by atomic mass is 10.2. The van der Waals surface area contributed by atoms with E-state index in [0.717, 1.165) is 4.47 Å². The van der Waals surface area contributed by atoms with Crippen LogP contribution in [0.3, 0.4) is 0 Å². The first-order valence-electron chi connectivity index (χ1n) is 4.82. The molecule has 0 atom stereocenters. The van der Waals surface area contributed by atoms with E-state index < -0.39 is 0 Å². The molecule has 2 rings (SSSR count). The van der Waals surface area contributed by atoms with Gasteiger partial charge in [-0.15, -0.1) is 0 Å². The van der Waals surface area contributed by atoms with Crippen LogP contribution >= 0.6 is 27.5 Å². The van der Waals surface area contributed by atoms with Crippen LogP contribution in [0.2, 0.25) is 5.02 Å². The van der Waals surface area contributed by atoms with E-state index in [-0.39, 0.29) is 0 Å². The van der Waals surface area contributed by atoms with Crippen molar-refractivity contribution in [2.45, 2.75) is 0 Å². The Bertz CT molecular complexity index is 575. The Morgan fingerprint density at radius 3 is 2.29 bits per heavy atom.